The molecular formula is C14H18O2S. The molecule has 1 unspecified atom stereocenters. The number of para-hydroxylation sites is 1. The van der Waals surface area contributed by atoms with Crippen LogP contribution >= 0.6 is 11.8 Å². The van der Waals surface area contributed by atoms with Crippen LogP contribution in [0, 0.1) is 0 Å². The molecule has 0 saturated carbocycles. The van der Waals surface area contributed by atoms with E-state index in [-0.39, 0.29) is 5.44 Å². The van der Waals surface area contributed by atoms with E-state index in [9.17, 15) is 0 Å². The highest BCUT2D eigenvalue weighted by atomic mass is 32.2. The quantitative estimate of drug-likeness (QED) is 0.422. The van der Waals surface area contributed by atoms with Crippen molar-refractivity contribution in [3.63, 3.8) is 0 Å². The Kier molecular flexibility index (Phi) is 4.51. The van der Waals surface area contributed by atoms with Crippen LogP contribution in [0.1, 0.15) is 26.7 Å². The van der Waals surface area contributed by atoms with E-state index in [0.29, 0.717) is 0 Å². The van der Waals surface area contributed by atoms with Crippen molar-refractivity contribution in [3.05, 3.63) is 30.3 Å². The highest BCUT2D eigenvalue weighted by molar-refractivity contribution is 7.99. The summed E-state index contributed by atoms with van der Waals surface area (Å²) in [7, 11) is 0. The molecule has 0 amide bonds. The van der Waals surface area contributed by atoms with E-state index in [4.69, 9.17) is 9.15 Å². The average Bonchev–Trinajstić information content (AvgIpc) is 2.71. The summed E-state index contributed by atoms with van der Waals surface area (Å²) in [5.41, 5.74) is 1.08. The topological polar surface area (TPSA) is 22.4 Å². The number of benzene rings is 1. The Morgan fingerprint density at radius 3 is 2.94 bits per heavy atom. The number of unbranched alkanes of at least 4 members (excludes halogenated alkanes) is 1. The molecule has 1 atom stereocenters. The molecular weight excluding hydrogens is 232 g/mol. The SMILES string of the molecule is CCCCOC(C)Sc1cc2ccccc2o1. The van der Waals surface area contributed by atoms with Crippen LogP contribution in [-0.4, -0.2) is 12.0 Å². The summed E-state index contributed by atoms with van der Waals surface area (Å²) in [6, 6.07) is 10.1. The summed E-state index contributed by atoms with van der Waals surface area (Å²) < 4.78 is 11.4. The Bertz CT molecular complexity index is 431. The molecule has 92 valence electrons. The molecule has 0 aliphatic heterocycles. The van der Waals surface area contributed by atoms with Gasteiger partial charge in [0.15, 0.2) is 5.09 Å². The summed E-state index contributed by atoms with van der Waals surface area (Å²) in [6.45, 7) is 5.05. The zero-order valence-electron chi connectivity index (χ0n) is 10.3. The maximum absolute atomic E-state index is 5.73. The molecule has 0 spiro atoms. The van der Waals surface area contributed by atoms with Gasteiger partial charge in [-0.1, -0.05) is 43.3 Å². The minimum Gasteiger partial charge on any atom is -0.450 e. The monoisotopic (exact) mass is 250 g/mol. The van der Waals surface area contributed by atoms with Gasteiger partial charge in [-0.3, -0.25) is 0 Å². The van der Waals surface area contributed by atoms with Crippen LogP contribution in [0.25, 0.3) is 11.0 Å². The molecule has 3 heteroatoms. The van der Waals surface area contributed by atoms with Crippen LogP contribution in [-0.2, 0) is 4.74 Å². The summed E-state index contributed by atoms with van der Waals surface area (Å²) in [5, 5.41) is 2.07. The molecule has 2 rings (SSSR count). The Balaban J connectivity index is 1.93. The third-order valence-corrected chi connectivity index (χ3v) is 3.44. The lowest BCUT2D eigenvalue weighted by Gasteiger charge is -2.09. The first kappa shape index (κ1) is 12.5. The number of rotatable bonds is 6. The van der Waals surface area contributed by atoms with Crippen molar-refractivity contribution in [3.8, 4) is 0 Å². The van der Waals surface area contributed by atoms with Gasteiger partial charge in [0, 0.05) is 12.0 Å². The minimum atomic E-state index is 0.141. The summed E-state index contributed by atoms with van der Waals surface area (Å²) in [5.74, 6) is 0. The Morgan fingerprint density at radius 2 is 2.18 bits per heavy atom. The van der Waals surface area contributed by atoms with E-state index in [0.717, 1.165) is 29.1 Å². The van der Waals surface area contributed by atoms with E-state index in [1.807, 2.05) is 18.2 Å². The second-order valence-electron chi connectivity index (χ2n) is 4.01. The molecule has 0 fully saturated rings. The van der Waals surface area contributed by atoms with Gasteiger partial charge < -0.3 is 9.15 Å². The first-order valence-electron chi connectivity index (χ1n) is 6.06. The summed E-state index contributed by atoms with van der Waals surface area (Å²) in [4.78, 5) is 0. The highest BCUT2D eigenvalue weighted by Crippen LogP contribution is 2.30. The average molecular weight is 250 g/mol. The molecule has 1 aromatic carbocycles. The van der Waals surface area contributed by atoms with Gasteiger partial charge in [0.2, 0.25) is 0 Å². The Hall–Kier alpha value is -0.930. The fraction of sp³-hybridized carbons (Fsp3) is 0.429. The summed E-state index contributed by atoms with van der Waals surface area (Å²) in [6.07, 6.45) is 2.28. The lowest BCUT2D eigenvalue weighted by atomic mass is 10.3. The number of fused-ring (bicyclic) bond motifs is 1. The fourth-order valence-electron chi connectivity index (χ4n) is 1.61. The molecule has 0 aliphatic carbocycles. The number of furan rings is 1. The van der Waals surface area contributed by atoms with Crippen molar-refractivity contribution in [1.29, 1.82) is 0 Å². The third-order valence-electron chi connectivity index (χ3n) is 2.54. The molecule has 0 bridgehead atoms. The molecule has 2 aromatic rings. The molecule has 0 aliphatic rings. The van der Waals surface area contributed by atoms with Gasteiger partial charge in [-0.15, -0.1) is 0 Å². The zero-order valence-corrected chi connectivity index (χ0v) is 11.1. The predicted molar refractivity (Wildman–Crippen MR) is 72.4 cm³/mol. The third kappa shape index (κ3) is 3.51. The van der Waals surface area contributed by atoms with Crippen LogP contribution in [0.4, 0.5) is 0 Å². The first-order chi connectivity index (χ1) is 8.29. The standard InChI is InChI=1S/C14H18O2S/c1-3-4-9-15-11(2)17-14-10-12-7-5-6-8-13(12)16-14/h5-8,10-11H,3-4,9H2,1-2H3. The van der Waals surface area contributed by atoms with Crippen LogP contribution in [0.15, 0.2) is 39.8 Å². The van der Waals surface area contributed by atoms with Gasteiger partial charge in [0.25, 0.3) is 0 Å². The predicted octanol–water partition coefficient (Wildman–Crippen LogP) is 4.69. The number of thioether (sulfide) groups is 1. The van der Waals surface area contributed by atoms with Crippen LogP contribution in [0.3, 0.4) is 0 Å². The van der Waals surface area contributed by atoms with Gasteiger partial charge in [-0.05, 0) is 25.5 Å². The van der Waals surface area contributed by atoms with Crippen molar-refractivity contribution in [2.75, 3.05) is 6.61 Å². The Morgan fingerprint density at radius 1 is 1.35 bits per heavy atom. The van der Waals surface area contributed by atoms with Crippen molar-refractivity contribution < 1.29 is 9.15 Å². The Labute approximate surface area is 106 Å². The highest BCUT2D eigenvalue weighted by Gasteiger charge is 2.09. The first-order valence-corrected chi connectivity index (χ1v) is 6.94. The van der Waals surface area contributed by atoms with Crippen LogP contribution in [0.5, 0.6) is 0 Å². The maximum Gasteiger partial charge on any atom is 0.164 e. The molecule has 0 saturated heterocycles. The van der Waals surface area contributed by atoms with Gasteiger partial charge in [-0.25, -0.2) is 0 Å². The van der Waals surface area contributed by atoms with Crippen LogP contribution in [0.2, 0.25) is 0 Å². The number of ether oxygens (including phenoxy) is 1. The van der Waals surface area contributed by atoms with E-state index < -0.39 is 0 Å². The van der Waals surface area contributed by atoms with E-state index in [1.54, 1.807) is 11.8 Å². The summed E-state index contributed by atoms with van der Waals surface area (Å²) >= 11 is 1.63. The maximum atomic E-state index is 5.73. The lowest BCUT2D eigenvalue weighted by Crippen LogP contribution is -2.03. The lowest BCUT2D eigenvalue weighted by molar-refractivity contribution is 0.120. The van der Waals surface area contributed by atoms with E-state index in [2.05, 4.69) is 26.0 Å². The largest absolute Gasteiger partial charge is 0.450 e. The molecule has 17 heavy (non-hydrogen) atoms. The van der Waals surface area contributed by atoms with Crippen molar-refractivity contribution in [2.24, 2.45) is 0 Å². The second-order valence-corrected chi connectivity index (χ2v) is 5.32. The number of hydrogen-bond donors (Lipinski definition) is 0. The molecule has 1 heterocycles. The van der Waals surface area contributed by atoms with Gasteiger partial charge in [0.1, 0.15) is 11.0 Å². The molecule has 0 N–H and O–H groups in total. The van der Waals surface area contributed by atoms with Crippen molar-refractivity contribution in [2.45, 2.75) is 37.2 Å². The van der Waals surface area contributed by atoms with Crippen molar-refractivity contribution in [1.82, 2.24) is 0 Å². The van der Waals surface area contributed by atoms with Crippen LogP contribution < -0.4 is 0 Å². The zero-order chi connectivity index (χ0) is 12.1. The van der Waals surface area contributed by atoms with E-state index in [1.165, 1.54) is 6.42 Å². The molecule has 1 aromatic heterocycles. The smallest absolute Gasteiger partial charge is 0.164 e. The van der Waals surface area contributed by atoms with Gasteiger partial charge >= 0.3 is 0 Å². The second kappa shape index (κ2) is 6.12. The van der Waals surface area contributed by atoms with Crippen molar-refractivity contribution >= 4 is 22.7 Å². The van der Waals surface area contributed by atoms with Gasteiger partial charge in [0.05, 0.1) is 0 Å². The van der Waals surface area contributed by atoms with Gasteiger partial charge in [-0.2, -0.15) is 0 Å². The molecule has 2 nitrogen and oxygen atoms in total. The molecule has 0 radical (unpaired) electrons. The van der Waals surface area contributed by atoms with E-state index >= 15 is 0 Å². The fourth-order valence-corrected chi connectivity index (χ4v) is 2.43. The minimum absolute atomic E-state index is 0.141. The normalized spacial score (nSPS) is 13.1. The number of hydrogen-bond acceptors (Lipinski definition) is 3.